The summed E-state index contributed by atoms with van der Waals surface area (Å²) in [6, 6.07) is 3.94. The number of para-hydroxylation sites is 1. The van der Waals surface area contributed by atoms with Gasteiger partial charge in [-0.2, -0.15) is 4.39 Å². The van der Waals surface area contributed by atoms with E-state index < -0.39 is 45.3 Å². The molecule has 3 rings (SSSR count). The molecule has 2 heterocycles. The Hall–Kier alpha value is -3.56. The number of halogens is 1. The maximum absolute atomic E-state index is 13.7. The molecule has 0 radical (unpaired) electrons. The first kappa shape index (κ1) is 14.4. The van der Waals surface area contributed by atoms with Gasteiger partial charge in [0.25, 0.3) is 17.4 Å². The molecule has 9 nitrogen and oxygen atoms in total. The number of hydrogen-bond acceptors (Lipinski definition) is 6. The van der Waals surface area contributed by atoms with E-state index in [0.29, 0.717) is 4.57 Å². The highest BCUT2D eigenvalue weighted by Gasteiger charge is 2.33. The van der Waals surface area contributed by atoms with E-state index in [-0.39, 0.29) is 11.1 Å². The zero-order valence-corrected chi connectivity index (χ0v) is 11.2. The third kappa shape index (κ3) is 1.96. The van der Waals surface area contributed by atoms with Crippen LogP contribution in [-0.4, -0.2) is 21.3 Å². The van der Waals surface area contributed by atoms with Gasteiger partial charge >= 0.3 is 5.69 Å². The number of pyridine rings is 1. The van der Waals surface area contributed by atoms with E-state index in [1.807, 2.05) is 5.32 Å². The number of nitrogen functional groups attached to an aromatic ring is 1. The Labute approximate surface area is 126 Å². The second-order valence-electron chi connectivity index (χ2n) is 4.64. The summed E-state index contributed by atoms with van der Waals surface area (Å²) in [6.45, 7) is 0. The van der Waals surface area contributed by atoms with Crippen molar-refractivity contribution in [2.45, 2.75) is 0 Å². The van der Waals surface area contributed by atoms with Gasteiger partial charge in [0, 0.05) is 6.07 Å². The van der Waals surface area contributed by atoms with Crippen LogP contribution in [0.1, 0.15) is 20.7 Å². The minimum Gasteiger partial charge on any atom is -0.384 e. The Kier molecular flexibility index (Phi) is 2.96. The first-order valence-corrected chi connectivity index (χ1v) is 6.17. The van der Waals surface area contributed by atoms with Crippen molar-refractivity contribution < 1.29 is 18.9 Å². The van der Waals surface area contributed by atoms with Crippen LogP contribution in [0.2, 0.25) is 0 Å². The number of rotatable bonds is 2. The Morgan fingerprint density at radius 3 is 2.57 bits per heavy atom. The molecule has 2 aromatic rings. The molecule has 23 heavy (non-hydrogen) atoms. The lowest BCUT2D eigenvalue weighted by molar-refractivity contribution is -0.387. The number of hydrogen-bond donors (Lipinski definition) is 2. The van der Waals surface area contributed by atoms with Crippen LogP contribution in [0.5, 0.6) is 0 Å². The molecule has 0 unspecified atom stereocenters. The number of carbonyl (C=O) groups excluding carboxylic acids is 2. The van der Waals surface area contributed by atoms with Gasteiger partial charge in [0.15, 0.2) is 0 Å². The molecule has 2 amide bonds. The summed E-state index contributed by atoms with van der Waals surface area (Å²) in [4.78, 5) is 45.5. The number of benzene rings is 1. The Morgan fingerprint density at radius 1 is 1.22 bits per heavy atom. The first-order chi connectivity index (χ1) is 10.8. The van der Waals surface area contributed by atoms with Crippen molar-refractivity contribution >= 4 is 23.3 Å². The monoisotopic (exact) mass is 318 g/mol. The van der Waals surface area contributed by atoms with E-state index in [0.717, 1.165) is 24.3 Å². The van der Waals surface area contributed by atoms with Crippen LogP contribution >= 0.6 is 0 Å². The summed E-state index contributed by atoms with van der Waals surface area (Å²) in [6.07, 6.45) is 0. The number of nitrogens with one attached hydrogen (secondary N) is 1. The number of fused-ring (bicyclic) bond motifs is 1. The van der Waals surface area contributed by atoms with Crippen LogP contribution in [0.15, 0.2) is 29.1 Å². The summed E-state index contributed by atoms with van der Waals surface area (Å²) in [5.74, 6) is -3.28. The normalized spacial score (nSPS) is 12.9. The van der Waals surface area contributed by atoms with E-state index in [4.69, 9.17) is 5.73 Å². The first-order valence-electron chi connectivity index (χ1n) is 6.17. The topological polar surface area (TPSA) is 137 Å². The predicted octanol–water partition coefficient (Wildman–Crippen LogP) is 0.351. The number of nitro groups is 1. The van der Waals surface area contributed by atoms with Crippen LogP contribution in [-0.2, 0) is 0 Å². The van der Waals surface area contributed by atoms with Gasteiger partial charge < -0.3 is 5.73 Å². The second-order valence-corrected chi connectivity index (χ2v) is 4.64. The Morgan fingerprint density at radius 2 is 1.91 bits per heavy atom. The van der Waals surface area contributed by atoms with Crippen molar-refractivity contribution in [2.24, 2.45) is 0 Å². The standard InChI is InChI=1S/C13H7FN4O5/c14-6-2-1-3-7(10(6)18(22)23)17-8(19)4-5-9(11(17)15)13(21)16-12(5)20/h1-4H,15H2,(H,16,20,21). The number of imide groups is 1. The molecule has 0 spiro atoms. The summed E-state index contributed by atoms with van der Waals surface area (Å²) in [5.41, 5.74) is 2.92. The fourth-order valence-electron chi connectivity index (χ4n) is 2.39. The van der Waals surface area contributed by atoms with Gasteiger partial charge in [0.2, 0.25) is 5.82 Å². The molecule has 3 N–H and O–H groups in total. The molecular formula is C13H7FN4O5. The summed E-state index contributed by atoms with van der Waals surface area (Å²) in [7, 11) is 0. The summed E-state index contributed by atoms with van der Waals surface area (Å²) < 4.78 is 14.4. The molecule has 10 heteroatoms. The van der Waals surface area contributed by atoms with E-state index in [9.17, 15) is 28.9 Å². The zero-order valence-electron chi connectivity index (χ0n) is 11.2. The van der Waals surface area contributed by atoms with Crippen LogP contribution < -0.4 is 16.6 Å². The molecule has 1 aromatic heterocycles. The molecule has 0 fully saturated rings. The third-order valence-corrected chi connectivity index (χ3v) is 3.34. The van der Waals surface area contributed by atoms with Crippen molar-refractivity contribution in [3.63, 3.8) is 0 Å². The van der Waals surface area contributed by atoms with Crippen molar-refractivity contribution in [1.29, 1.82) is 0 Å². The molecule has 0 saturated carbocycles. The SMILES string of the molecule is Nc1c2c(cc(=O)n1-c1cccc(F)c1[N+](=O)[O-])C(=O)NC2=O. The molecular weight excluding hydrogens is 311 g/mol. The molecule has 1 aliphatic heterocycles. The predicted molar refractivity (Wildman–Crippen MR) is 74.9 cm³/mol. The number of anilines is 1. The van der Waals surface area contributed by atoms with E-state index >= 15 is 0 Å². The highest BCUT2D eigenvalue weighted by Crippen LogP contribution is 2.29. The number of nitrogens with two attached hydrogens (primary N) is 1. The highest BCUT2D eigenvalue weighted by molar-refractivity contribution is 6.23. The van der Waals surface area contributed by atoms with Crippen LogP contribution in [0.4, 0.5) is 15.9 Å². The van der Waals surface area contributed by atoms with Crippen LogP contribution in [0, 0.1) is 15.9 Å². The van der Waals surface area contributed by atoms with Gasteiger partial charge in [0.1, 0.15) is 11.5 Å². The average molecular weight is 318 g/mol. The maximum atomic E-state index is 13.7. The van der Waals surface area contributed by atoms with Gasteiger partial charge in [-0.05, 0) is 12.1 Å². The molecule has 0 aliphatic carbocycles. The largest absolute Gasteiger partial charge is 0.384 e. The van der Waals surface area contributed by atoms with E-state index in [2.05, 4.69) is 0 Å². The molecule has 0 atom stereocenters. The smallest absolute Gasteiger partial charge is 0.328 e. The quantitative estimate of drug-likeness (QED) is 0.465. The minimum atomic E-state index is -1.17. The van der Waals surface area contributed by atoms with Crippen molar-refractivity contribution in [3.8, 4) is 5.69 Å². The van der Waals surface area contributed by atoms with Crippen molar-refractivity contribution in [1.82, 2.24) is 9.88 Å². The highest BCUT2D eigenvalue weighted by atomic mass is 19.1. The molecule has 1 aromatic carbocycles. The van der Waals surface area contributed by atoms with E-state index in [1.54, 1.807) is 0 Å². The van der Waals surface area contributed by atoms with Gasteiger partial charge in [-0.1, -0.05) is 6.07 Å². The maximum Gasteiger partial charge on any atom is 0.328 e. The van der Waals surface area contributed by atoms with Gasteiger partial charge in [-0.25, -0.2) is 0 Å². The Balaban J connectivity index is 2.41. The summed E-state index contributed by atoms with van der Waals surface area (Å²) in [5, 5.41) is 13.0. The average Bonchev–Trinajstić information content (AvgIpc) is 2.73. The van der Waals surface area contributed by atoms with Gasteiger partial charge in [-0.3, -0.25) is 34.4 Å². The third-order valence-electron chi connectivity index (χ3n) is 3.34. The minimum absolute atomic E-state index is 0.229. The van der Waals surface area contributed by atoms with Gasteiger partial charge in [0.05, 0.1) is 16.1 Å². The van der Waals surface area contributed by atoms with Crippen LogP contribution in [0.25, 0.3) is 5.69 Å². The Bertz CT molecular complexity index is 966. The lowest BCUT2D eigenvalue weighted by atomic mass is 10.1. The van der Waals surface area contributed by atoms with Crippen LogP contribution in [0.3, 0.4) is 0 Å². The fourth-order valence-corrected chi connectivity index (χ4v) is 2.39. The van der Waals surface area contributed by atoms with Crippen molar-refractivity contribution in [3.05, 3.63) is 61.7 Å². The zero-order chi connectivity index (χ0) is 16.9. The number of amides is 2. The van der Waals surface area contributed by atoms with Crippen molar-refractivity contribution in [2.75, 3.05) is 5.73 Å². The molecule has 0 saturated heterocycles. The fraction of sp³-hybridized carbons (Fsp3) is 0. The second kappa shape index (κ2) is 4.73. The summed E-state index contributed by atoms with van der Waals surface area (Å²) >= 11 is 0. The number of carbonyl (C=O) groups is 2. The van der Waals surface area contributed by atoms with Gasteiger partial charge in [-0.15, -0.1) is 0 Å². The number of aromatic nitrogens is 1. The molecule has 0 bridgehead atoms. The molecule has 1 aliphatic rings. The van der Waals surface area contributed by atoms with E-state index in [1.165, 1.54) is 0 Å². The molecule has 116 valence electrons. The lowest BCUT2D eigenvalue weighted by Crippen LogP contribution is -2.25. The number of nitrogens with zero attached hydrogens (tertiary/aromatic N) is 2. The number of nitro benzene ring substituents is 1. The lowest BCUT2D eigenvalue weighted by Gasteiger charge is -2.12.